The topological polar surface area (TPSA) is 56.0 Å². The third-order valence-corrected chi connectivity index (χ3v) is 3.72. The normalized spacial score (nSPS) is 10.7. The molecule has 4 heteroatoms. The minimum Gasteiger partial charge on any atom is -0.375 e. The summed E-state index contributed by atoms with van der Waals surface area (Å²) in [7, 11) is 0. The quantitative estimate of drug-likeness (QED) is 0.741. The second-order valence-corrected chi connectivity index (χ2v) is 5.19. The lowest BCUT2D eigenvalue weighted by Crippen LogP contribution is -2.04. The maximum absolute atomic E-state index is 12.4. The molecule has 0 bridgehead atoms. The predicted octanol–water partition coefficient (Wildman–Crippen LogP) is 3.30. The van der Waals surface area contributed by atoms with E-state index in [2.05, 4.69) is 4.98 Å². The maximum atomic E-state index is 12.4. The maximum Gasteiger partial charge on any atom is 0.180 e. The van der Waals surface area contributed by atoms with Crippen LogP contribution in [0.4, 0.5) is 5.13 Å². The molecule has 19 heavy (non-hydrogen) atoms. The van der Waals surface area contributed by atoms with Crippen molar-refractivity contribution in [3.8, 4) is 0 Å². The number of rotatable bonds is 3. The molecule has 0 saturated carbocycles. The molecule has 0 fully saturated rings. The number of ketones is 1. The van der Waals surface area contributed by atoms with Crippen LogP contribution in [0.15, 0.2) is 47.8 Å². The number of anilines is 1. The molecule has 1 heterocycles. The lowest BCUT2D eigenvalue weighted by atomic mass is 9.99. The van der Waals surface area contributed by atoms with E-state index in [0.29, 0.717) is 11.6 Å². The van der Waals surface area contributed by atoms with E-state index in [-0.39, 0.29) is 5.78 Å². The SMILES string of the molecule is Nc1nc(CC(=O)c2cccc3ccccc23)cs1. The largest absolute Gasteiger partial charge is 0.375 e. The van der Waals surface area contributed by atoms with E-state index in [9.17, 15) is 4.79 Å². The van der Waals surface area contributed by atoms with Crippen molar-refractivity contribution < 1.29 is 4.79 Å². The molecule has 0 radical (unpaired) electrons. The van der Waals surface area contributed by atoms with Crippen molar-refractivity contribution in [3.63, 3.8) is 0 Å². The van der Waals surface area contributed by atoms with Crippen LogP contribution in [0.5, 0.6) is 0 Å². The Kier molecular flexibility index (Phi) is 3.01. The molecular weight excluding hydrogens is 256 g/mol. The number of carbonyl (C=O) groups is 1. The summed E-state index contributed by atoms with van der Waals surface area (Å²) < 4.78 is 0. The molecule has 2 N–H and O–H groups in total. The fourth-order valence-corrected chi connectivity index (χ4v) is 2.69. The molecule has 2 aromatic carbocycles. The number of nitrogen functional groups attached to an aromatic ring is 1. The van der Waals surface area contributed by atoms with E-state index in [4.69, 9.17) is 5.73 Å². The monoisotopic (exact) mass is 268 g/mol. The summed E-state index contributed by atoms with van der Waals surface area (Å²) in [5.74, 6) is 0.0714. The van der Waals surface area contributed by atoms with E-state index < -0.39 is 0 Å². The zero-order chi connectivity index (χ0) is 13.2. The van der Waals surface area contributed by atoms with Crippen molar-refractivity contribution in [2.24, 2.45) is 0 Å². The summed E-state index contributed by atoms with van der Waals surface area (Å²) in [5.41, 5.74) is 7.06. The molecule has 0 aliphatic rings. The number of nitrogens with two attached hydrogens (primary N) is 1. The van der Waals surface area contributed by atoms with Crippen molar-refractivity contribution in [2.45, 2.75) is 6.42 Å². The number of carbonyl (C=O) groups excluding carboxylic acids is 1. The molecule has 3 aromatic rings. The second-order valence-electron chi connectivity index (χ2n) is 4.30. The van der Waals surface area contributed by atoms with Crippen LogP contribution in [-0.2, 0) is 6.42 Å². The van der Waals surface area contributed by atoms with Gasteiger partial charge in [0.1, 0.15) is 0 Å². The molecular formula is C15H12N2OS. The van der Waals surface area contributed by atoms with Gasteiger partial charge in [-0.25, -0.2) is 4.98 Å². The molecule has 0 amide bonds. The number of Topliss-reactive ketones (excluding diaryl/α,β-unsaturated/α-hetero) is 1. The van der Waals surface area contributed by atoms with E-state index in [1.165, 1.54) is 11.3 Å². The molecule has 0 aliphatic carbocycles. The Hall–Kier alpha value is -2.20. The van der Waals surface area contributed by atoms with Crippen LogP contribution in [0.1, 0.15) is 16.1 Å². The Balaban J connectivity index is 1.97. The Labute approximate surface area is 114 Å². The minimum atomic E-state index is 0.0714. The van der Waals surface area contributed by atoms with E-state index in [1.807, 2.05) is 47.8 Å². The number of hydrogen-bond acceptors (Lipinski definition) is 4. The van der Waals surface area contributed by atoms with Gasteiger partial charge in [0, 0.05) is 10.9 Å². The van der Waals surface area contributed by atoms with Crippen molar-refractivity contribution in [1.29, 1.82) is 0 Å². The summed E-state index contributed by atoms with van der Waals surface area (Å²) in [4.78, 5) is 16.5. The van der Waals surface area contributed by atoms with Gasteiger partial charge in [-0.05, 0) is 10.8 Å². The smallest absolute Gasteiger partial charge is 0.180 e. The Bertz CT molecular complexity index is 743. The minimum absolute atomic E-state index is 0.0714. The summed E-state index contributed by atoms with van der Waals surface area (Å²) in [6.07, 6.45) is 0.293. The molecule has 0 aliphatic heterocycles. The van der Waals surface area contributed by atoms with Gasteiger partial charge in [-0.3, -0.25) is 4.79 Å². The van der Waals surface area contributed by atoms with Gasteiger partial charge in [-0.15, -0.1) is 11.3 Å². The molecule has 3 nitrogen and oxygen atoms in total. The number of hydrogen-bond donors (Lipinski definition) is 1. The highest BCUT2D eigenvalue weighted by molar-refractivity contribution is 7.13. The van der Waals surface area contributed by atoms with Crippen molar-refractivity contribution in [3.05, 3.63) is 59.1 Å². The van der Waals surface area contributed by atoms with E-state index in [0.717, 1.165) is 22.0 Å². The van der Waals surface area contributed by atoms with Crippen LogP contribution in [0.3, 0.4) is 0 Å². The average molecular weight is 268 g/mol. The molecule has 1 aromatic heterocycles. The second kappa shape index (κ2) is 4.82. The Morgan fingerprint density at radius 2 is 1.95 bits per heavy atom. The first kappa shape index (κ1) is 11.9. The highest BCUT2D eigenvalue weighted by Crippen LogP contribution is 2.21. The summed E-state index contributed by atoms with van der Waals surface area (Å²) in [6.45, 7) is 0. The Morgan fingerprint density at radius 1 is 1.16 bits per heavy atom. The standard InChI is InChI=1S/C15H12N2OS/c16-15-17-11(9-19-15)8-14(18)13-7-3-5-10-4-1-2-6-12(10)13/h1-7,9H,8H2,(H2,16,17). The zero-order valence-corrected chi connectivity index (χ0v) is 11.0. The summed E-state index contributed by atoms with van der Waals surface area (Å²) in [6, 6.07) is 13.7. The molecule has 0 atom stereocenters. The summed E-state index contributed by atoms with van der Waals surface area (Å²) >= 11 is 1.36. The van der Waals surface area contributed by atoms with Crippen LogP contribution in [0.2, 0.25) is 0 Å². The van der Waals surface area contributed by atoms with Crippen LogP contribution in [0.25, 0.3) is 10.8 Å². The van der Waals surface area contributed by atoms with Gasteiger partial charge in [-0.2, -0.15) is 0 Å². The first-order valence-electron chi connectivity index (χ1n) is 5.95. The highest BCUT2D eigenvalue weighted by atomic mass is 32.1. The van der Waals surface area contributed by atoms with E-state index >= 15 is 0 Å². The fourth-order valence-electron chi connectivity index (χ4n) is 2.13. The van der Waals surface area contributed by atoms with Gasteiger partial charge in [0.05, 0.1) is 12.1 Å². The summed E-state index contributed by atoms with van der Waals surface area (Å²) in [5, 5.41) is 4.39. The average Bonchev–Trinajstić information content (AvgIpc) is 2.83. The van der Waals surface area contributed by atoms with Gasteiger partial charge in [0.15, 0.2) is 10.9 Å². The number of benzene rings is 2. The van der Waals surface area contributed by atoms with Gasteiger partial charge < -0.3 is 5.73 Å². The lowest BCUT2D eigenvalue weighted by Gasteiger charge is -2.04. The van der Waals surface area contributed by atoms with Crippen LogP contribution >= 0.6 is 11.3 Å². The van der Waals surface area contributed by atoms with Gasteiger partial charge in [0.25, 0.3) is 0 Å². The zero-order valence-electron chi connectivity index (χ0n) is 10.2. The van der Waals surface area contributed by atoms with Crippen molar-refractivity contribution >= 4 is 33.0 Å². The van der Waals surface area contributed by atoms with Gasteiger partial charge >= 0.3 is 0 Å². The fraction of sp³-hybridized carbons (Fsp3) is 0.0667. The molecule has 94 valence electrons. The van der Waals surface area contributed by atoms with Crippen LogP contribution in [-0.4, -0.2) is 10.8 Å². The molecule has 0 saturated heterocycles. The third kappa shape index (κ3) is 2.35. The van der Waals surface area contributed by atoms with E-state index in [1.54, 1.807) is 0 Å². The third-order valence-electron chi connectivity index (χ3n) is 3.00. The molecule has 0 spiro atoms. The number of fused-ring (bicyclic) bond motifs is 1. The number of thiazole rings is 1. The predicted molar refractivity (Wildman–Crippen MR) is 78.5 cm³/mol. The first-order chi connectivity index (χ1) is 9.24. The Morgan fingerprint density at radius 3 is 2.74 bits per heavy atom. The number of nitrogens with zero attached hydrogens (tertiary/aromatic N) is 1. The first-order valence-corrected chi connectivity index (χ1v) is 6.83. The highest BCUT2D eigenvalue weighted by Gasteiger charge is 2.12. The number of aromatic nitrogens is 1. The van der Waals surface area contributed by atoms with Crippen LogP contribution < -0.4 is 5.73 Å². The van der Waals surface area contributed by atoms with Crippen LogP contribution in [0, 0.1) is 0 Å². The van der Waals surface area contributed by atoms with Gasteiger partial charge in [0.2, 0.25) is 0 Å². The van der Waals surface area contributed by atoms with Gasteiger partial charge in [-0.1, -0.05) is 42.5 Å². The molecule has 3 rings (SSSR count). The van der Waals surface area contributed by atoms with Crippen molar-refractivity contribution in [1.82, 2.24) is 4.98 Å². The molecule has 0 unspecified atom stereocenters. The van der Waals surface area contributed by atoms with Crippen molar-refractivity contribution in [2.75, 3.05) is 5.73 Å². The lowest BCUT2D eigenvalue weighted by molar-refractivity contribution is 0.0994.